The van der Waals surface area contributed by atoms with E-state index in [0.717, 1.165) is 64.1 Å². The number of nitrogens with zero attached hydrogens (tertiary/aromatic N) is 5. The zero-order chi connectivity index (χ0) is 60.9. The van der Waals surface area contributed by atoms with Gasteiger partial charge in [-0.15, -0.1) is 0 Å². The Morgan fingerprint density at radius 1 is 0.523 bits per heavy atom. The Balaban J connectivity index is 1.23. The lowest BCUT2D eigenvalue weighted by Crippen LogP contribution is -2.66. The molecule has 1 unspecified atom stereocenters. The summed E-state index contributed by atoms with van der Waals surface area (Å²) in [7, 11) is -4.54. The Hall–Kier alpha value is -5.08. The number of amides is 2. The number of carbonyl (C=O) groups is 1. The van der Waals surface area contributed by atoms with Crippen LogP contribution in [-0.4, -0.2) is 89.0 Å². The quantitative estimate of drug-likeness (QED) is 0.0250. The molecule has 86 heavy (non-hydrogen) atoms. The molecule has 0 spiro atoms. The van der Waals surface area contributed by atoms with Crippen LogP contribution in [0.3, 0.4) is 0 Å². The second-order valence-corrected chi connectivity index (χ2v) is 25.6. The van der Waals surface area contributed by atoms with Gasteiger partial charge < -0.3 is 34.6 Å². The van der Waals surface area contributed by atoms with Gasteiger partial charge in [0.15, 0.2) is 6.17 Å². The van der Waals surface area contributed by atoms with Crippen molar-refractivity contribution in [2.45, 2.75) is 232 Å². The minimum Gasteiger partial charge on any atom is -0.383 e. The van der Waals surface area contributed by atoms with Crippen LogP contribution in [0.25, 0.3) is 27.1 Å². The normalized spacial score (nSPS) is 14.0. The SMILES string of the molecule is CCCCCCCCCCCCCCCCCCOCCC1=C(c2cccc3ccccc23)C(N(CCOCCCCCCCCCCCCCCCCCC)c2cccc3ccccc23)N(n2ccc(N)nc2=O)C(=O)N1CCOCP(=O)(O)O. The lowest BCUT2D eigenvalue weighted by atomic mass is 9.90. The molecule has 0 saturated heterocycles. The molecule has 0 radical (unpaired) electrons. The van der Waals surface area contributed by atoms with Gasteiger partial charge in [0.1, 0.15) is 12.2 Å². The van der Waals surface area contributed by atoms with Crippen molar-refractivity contribution in [3.8, 4) is 0 Å². The first-order chi connectivity index (χ1) is 42.1. The summed E-state index contributed by atoms with van der Waals surface area (Å²) in [5, 5.41) is 5.34. The monoisotopic (exact) mass is 1200 g/mol. The van der Waals surface area contributed by atoms with E-state index in [-0.39, 0.29) is 19.0 Å². The molecule has 2 amide bonds. The van der Waals surface area contributed by atoms with Crippen LogP contribution < -0.4 is 21.3 Å². The highest BCUT2D eigenvalue weighted by molar-refractivity contribution is 7.51. The molecule has 4 aromatic carbocycles. The Morgan fingerprint density at radius 2 is 0.977 bits per heavy atom. The molecule has 476 valence electrons. The van der Waals surface area contributed by atoms with E-state index in [9.17, 15) is 19.1 Å². The van der Waals surface area contributed by atoms with E-state index in [0.29, 0.717) is 45.1 Å². The Morgan fingerprint density at radius 3 is 1.49 bits per heavy atom. The van der Waals surface area contributed by atoms with E-state index in [4.69, 9.17) is 19.9 Å². The first kappa shape index (κ1) is 70.0. The first-order valence-corrected chi connectivity index (χ1v) is 35.6. The average molecular weight is 1210 g/mol. The van der Waals surface area contributed by atoms with Gasteiger partial charge in [-0.2, -0.15) is 9.99 Å². The Kier molecular flexibility index (Phi) is 33.5. The minimum absolute atomic E-state index is 0.00958. The third-order valence-electron chi connectivity index (χ3n) is 17.0. The Bertz CT molecular complexity index is 2810. The van der Waals surface area contributed by atoms with Crippen molar-refractivity contribution in [2.75, 3.05) is 68.1 Å². The fraction of sp³-hybridized carbons (Fsp3) is 0.620. The highest BCUT2D eigenvalue weighted by atomic mass is 31.2. The number of hydrogen-bond donors (Lipinski definition) is 3. The van der Waals surface area contributed by atoms with E-state index >= 15 is 4.79 Å². The topological polar surface area (TPSA) is 173 Å². The predicted molar refractivity (Wildman–Crippen MR) is 357 cm³/mol. The zero-order valence-corrected chi connectivity index (χ0v) is 53.8. The van der Waals surface area contributed by atoms with Crippen molar-refractivity contribution in [2.24, 2.45) is 0 Å². The molecular formula is C71H109N6O8P. The number of nitrogens with two attached hydrogens (primary N) is 1. The minimum atomic E-state index is -4.54. The van der Waals surface area contributed by atoms with E-state index < -0.39 is 31.8 Å². The molecule has 5 aromatic rings. The lowest BCUT2D eigenvalue weighted by molar-refractivity contribution is 0.116. The summed E-state index contributed by atoms with van der Waals surface area (Å²) in [6.45, 7) is 6.38. The molecule has 1 aliphatic heterocycles. The first-order valence-electron chi connectivity index (χ1n) is 33.8. The standard InChI is InChI=1S/C71H109N6O8P/c1-3-5-7-9-11-13-15-17-19-21-23-25-27-29-31-37-54-83-56-50-66-68(64-47-39-43-60-41-33-35-45-62(60)64)69(77(76-51-49-67(72)73-70(76)78)71(79)75(66)53-58-85-59-86(80,81)82)74(65-48-40-44-61-42-34-36-46-63(61)65)52-57-84-55-38-32-30-28-26-24-22-20-18-16-14-12-10-8-6-4-2/h33-36,39-49,51,69H,3-32,37-38,50,52-59H2,1-2H3,(H2,72,73,78)(H2,80,81,82). The van der Waals surface area contributed by atoms with Gasteiger partial charge in [-0.1, -0.05) is 285 Å². The molecule has 0 aliphatic carbocycles. The number of carbonyl (C=O) groups excluding carboxylic acids is 1. The Labute approximate surface area is 516 Å². The second-order valence-electron chi connectivity index (χ2n) is 24.0. The smallest absolute Gasteiger partial charge is 0.368 e. The van der Waals surface area contributed by atoms with Gasteiger partial charge in [-0.05, 0) is 46.7 Å². The maximum Gasteiger partial charge on any atom is 0.368 e. The number of hydrogen-bond acceptors (Lipinski definition) is 9. The number of urea groups is 1. The summed E-state index contributed by atoms with van der Waals surface area (Å²) in [6.07, 6.45) is 41.3. The zero-order valence-electron chi connectivity index (χ0n) is 52.9. The summed E-state index contributed by atoms with van der Waals surface area (Å²) in [6, 6.07) is 29.6. The van der Waals surface area contributed by atoms with E-state index in [1.54, 1.807) is 4.90 Å². The van der Waals surface area contributed by atoms with Crippen molar-refractivity contribution in [3.63, 3.8) is 0 Å². The second kappa shape index (κ2) is 41.2. The highest BCUT2D eigenvalue weighted by Gasteiger charge is 2.45. The molecule has 1 aromatic heterocycles. The summed E-state index contributed by atoms with van der Waals surface area (Å²) in [4.78, 5) is 57.9. The van der Waals surface area contributed by atoms with Crippen molar-refractivity contribution in [1.82, 2.24) is 14.6 Å². The van der Waals surface area contributed by atoms with Crippen LogP contribution >= 0.6 is 7.60 Å². The maximum atomic E-state index is 16.0. The summed E-state index contributed by atoms with van der Waals surface area (Å²) in [5.74, 6) is 0.00958. The summed E-state index contributed by atoms with van der Waals surface area (Å²) < 4.78 is 32.0. The molecule has 0 saturated carbocycles. The van der Waals surface area contributed by atoms with Gasteiger partial charge >= 0.3 is 19.3 Å². The number of anilines is 2. The van der Waals surface area contributed by atoms with Gasteiger partial charge in [-0.25, -0.2) is 14.3 Å². The van der Waals surface area contributed by atoms with Crippen LogP contribution in [0.1, 0.15) is 231 Å². The van der Waals surface area contributed by atoms with Crippen LogP contribution in [0.4, 0.5) is 16.3 Å². The molecule has 2 heterocycles. The van der Waals surface area contributed by atoms with Crippen LogP contribution in [0, 0.1) is 0 Å². The van der Waals surface area contributed by atoms with Gasteiger partial charge in [0.25, 0.3) is 0 Å². The molecule has 1 aliphatic rings. The lowest BCUT2D eigenvalue weighted by Gasteiger charge is -2.49. The van der Waals surface area contributed by atoms with Crippen molar-refractivity contribution in [1.29, 1.82) is 0 Å². The summed E-state index contributed by atoms with van der Waals surface area (Å²) >= 11 is 0. The van der Waals surface area contributed by atoms with Crippen LogP contribution in [0.2, 0.25) is 0 Å². The summed E-state index contributed by atoms with van der Waals surface area (Å²) in [5.41, 5.74) is 8.49. The van der Waals surface area contributed by atoms with Gasteiger partial charge in [0.2, 0.25) is 0 Å². The molecule has 0 fully saturated rings. The number of aromatic nitrogens is 2. The van der Waals surface area contributed by atoms with Crippen LogP contribution in [0.5, 0.6) is 0 Å². The average Bonchev–Trinajstić information content (AvgIpc) is 0.767. The largest absolute Gasteiger partial charge is 0.383 e. The molecule has 1 atom stereocenters. The van der Waals surface area contributed by atoms with E-state index in [1.807, 2.05) is 36.4 Å². The molecule has 4 N–H and O–H groups in total. The fourth-order valence-electron chi connectivity index (χ4n) is 12.3. The number of unbranched alkanes of at least 4 members (excludes halogenated alkanes) is 30. The fourth-order valence-corrected chi connectivity index (χ4v) is 12.7. The van der Waals surface area contributed by atoms with Crippen LogP contribution in [0.15, 0.2) is 108 Å². The van der Waals surface area contributed by atoms with Crippen molar-refractivity contribution in [3.05, 3.63) is 119 Å². The third-order valence-corrected chi connectivity index (χ3v) is 17.5. The van der Waals surface area contributed by atoms with E-state index in [2.05, 4.69) is 72.3 Å². The van der Waals surface area contributed by atoms with Gasteiger partial charge in [-0.3, -0.25) is 9.46 Å². The number of ether oxygens (including phenoxy) is 3. The molecule has 0 bridgehead atoms. The van der Waals surface area contributed by atoms with Gasteiger partial charge in [0, 0.05) is 54.7 Å². The number of benzene rings is 4. The maximum absolute atomic E-state index is 16.0. The molecule has 14 nitrogen and oxygen atoms in total. The molecular weight excluding hydrogens is 1100 g/mol. The van der Waals surface area contributed by atoms with E-state index in [1.165, 1.54) is 202 Å². The number of fused-ring (bicyclic) bond motifs is 2. The molecule has 6 rings (SSSR count). The highest BCUT2D eigenvalue weighted by Crippen LogP contribution is 2.42. The van der Waals surface area contributed by atoms with Crippen molar-refractivity contribution >= 4 is 52.3 Å². The third kappa shape index (κ3) is 24.5. The van der Waals surface area contributed by atoms with Crippen molar-refractivity contribution < 1.29 is 33.4 Å². The van der Waals surface area contributed by atoms with Gasteiger partial charge in [0.05, 0.1) is 26.4 Å². The molecule has 15 heteroatoms. The van der Waals surface area contributed by atoms with Crippen LogP contribution in [-0.2, 0) is 18.8 Å². The number of nitrogen functional groups attached to an aromatic ring is 1. The predicted octanol–water partition coefficient (Wildman–Crippen LogP) is 17.8. The number of rotatable bonds is 49.